The average Bonchev–Trinajstić information content (AvgIpc) is 2.79. The van der Waals surface area contributed by atoms with E-state index in [0.29, 0.717) is 0 Å². The van der Waals surface area contributed by atoms with E-state index in [-0.39, 0.29) is 0 Å². The van der Waals surface area contributed by atoms with E-state index in [2.05, 4.69) is 122 Å². The molecule has 0 fully saturated rings. The van der Waals surface area contributed by atoms with Gasteiger partial charge in [-0.1, -0.05) is 128 Å². The van der Waals surface area contributed by atoms with Gasteiger partial charge in [-0.05, 0) is 39.0 Å². The molecule has 0 heteroatoms. The van der Waals surface area contributed by atoms with Crippen LogP contribution in [0.3, 0.4) is 0 Å². The third-order valence-electron chi connectivity index (χ3n) is 4.86. The Morgan fingerprint density at radius 3 is 1.11 bits per heavy atom. The molecule has 0 spiro atoms. The van der Waals surface area contributed by atoms with Gasteiger partial charge in [0.25, 0.3) is 0 Å². The first-order chi connectivity index (χ1) is 13.8. The maximum atomic E-state index is 4.52. The van der Waals surface area contributed by atoms with Crippen molar-refractivity contribution in [3.8, 4) is 0 Å². The molecule has 134 valence electrons. The van der Waals surface area contributed by atoms with Gasteiger partial charge in [-0.15, -0.1) is 0 Å². The molecular weight excluding hydrogens is 336 g/mol. The summed E-state index contributed by atoms with van der Waals surface area (Å²) in [6.07, 6.45) is 0. The Labute approximate surface area is 167 Å². The molecule has 4 aromatic rings. The molecule has 0 aromatic heterocycles. The Bertz CT molecular complexity index is 1030. The number of hydrogen-bond acceptors (Lipinski definition) is 0. The fourth-order valence-electron chi connectivity index (χ4n) is 3.52. The second-order valence-electron chi connectivity index (χ2n) is 6.69. The van der Waals surface area contributed by atoms with Crippen LogP contribution in [-0.2, 0) is 0 Å². The van der Waals surface area contributed by atoms with Gasteiger partial charge in [-0.3, -0.25) is 0 Å². The summed E-state index contributed by atoms with van der Waals surface area (Å²) >= 11 is 0. The highest BCUT2D eigenvalue weighted by molar-refractivity contribution is 6.17. The summed E-state index contributed by atoms with van der Waals surface area (Å²) in [5.74, 6) is 0. The highest BCUT2D eigenvalue weighted by atomic mass is 14.2. The molecule has 0 unspecified atom stereocenters. The summed E-state index contributed by atoms with van der Waals surface area (Å²) in [6.45, 7) is 4.52. The molecule has 0 bridgehead atoms. The number of hydrogen-bond donors (Lipinski definition) is 0. The van der Waals surface area contributed by atoms with Crippen molar-refractivity contribution in [1.29, 1.82) is 0 Å². The lowest BCUT2D eigenvalue weighted by atomic mass is 9.84. The minimum Gasteiger partial charge on any atom is -0.0905 e. The number of benzene rings is 4. The smallest absolute Gasteiger partial charge is 0.00268 e. The molecule has 0 N–H and O–H groups in total. The van der Waals surface area contributed by atoms with E-state index in [1.807, 2.05) is 6.07 Å². The lowest BCUT2D eigenvalue weighted by molar-refractivity contribution is 1.53. The van der Waals surface area contributed by atoms with E-state index in [1.165, 1.54) is 22.3 Å². The van der Waals surface area contributed by atoms with E-state index >= 15 is 0 Å². The fourth-order valence-corrected chi connectivity index (χ4v) is 3.52. The number of allylic oxidation sites excluding steroid dienone is 2. The highest BCUT2D eigenvalue weighted by Crippen LogP contribution is 2.39. The van der Waals surface area contributed by atoms with E-state index < -0.39 is 0 Å². The second kappa shape index (κ2) is 8.37. The van der Waals surface area contributed by atoms with Gasteiger partial charge in [0.05, 0.1) is 0 Å². The van der Waals surface area contributed by atoms with Gasteiger partial charge in [-0.25, -0.2) is 0 Å². The van der Waals surface area contributed by atoms with E-state index in [4.69, 9.17) is 0 Å². The first-order valence-corrected chi connectivity index (χ1v) is 9.50. The van der Waals surface area contributed by atoms with Crippen LogP contribution in [0.1, 0.15) is 22.3 Å². The van der Waals surface area contributed by atoms with E-state index in [9.17, 15) is 0 Å². The molecule has 0 saturated heterocycles. The third-order valence-corrected chi connectivity index (χ3v) is 4.86. The SMILES string of the molecule is C=C(C(=C(c1ccccc1)c1ccccc1)c1ccccc1)c1ccccc1. The van der Waals surface area contributed by atoms with Crippen LogP contribution in [0.15, 0.2) is 128 Å². The van der Waals surface area contributed by atoms with Crippen molar-refractivity contribution in [2.24, 2.45) is 0 Å². The quantitative estimate of drug-likeness (QED) is 0.258. The van der Waals surface area contributed by atoms with Crippen molar-refractivity contribution in [2.75, 3.05) is 0 Å². The van der Waals surface area contributed by atoms with Crippen molar-refractivity contribution in [2.45, 2.75) is 0 Å². The van der Waals surface area contributed by atoms with Crippen LogP contribution in [0.4, 0.5) is 0 Å². The van der Waals surface area contributed by atoms with Crippen LogP contribution in [0.5, 0.6) is 0 Å². The fraction of sp³-hybridized carbons (Fsp3) is 0. The molecule has 0 saturated carbocycles. The van der Waals surface area contributed by atoms with Gasteiger partial charge in [0, 0.05) is 0 Å². The minimum atomic E-state index is 1.02. The first kappa shape index (κ1) is 17.8. The van der Waals surface area contributed by atoms with Gasteiger partial charge >= 0.3 is 0 Å². The molecule has 0 nitrogen and oxygen atoms in total. The van der Waals surface area contributed by atoms with Gasteiger partial charge in [0.1, 0.15) is 0 Å². The van der Waals surface area contributed by atoms with E-state index in [0.717, 1.165) is 16.7 Å². The molecule has 0 radical (unpaired) electrons. The summed E-state index contributed by atoms with van der Waals surface area (Å²) in [5, 5.41) is 0. The lowest BCUT2D eigenvalue weighted by Crippen LogP contribution is -1.97. The molecule has 4 rings (SSSR count). The maximum absolute atomic E-state index is 4.52. The van der Waals surface area contributed by atoms with Gasteiger partial charge < -0.3 is 0 Å². The summed E-state index contributed by atoms with van der Waals surface area (Å²) in [4.78, 5) is 0. The lowest BCUT2D eigenvalue weighted by Gasteiger charge is -2.19. The molecule has 0 aliphatic rings. The summed E-state index contributed by atoms with van der Waals surface area (Å²) in [5.41, 5.74) is 8.04. The van der Waals surface area contributed by atoms with Crippen LogP contribution in [0.25, 0.3) is 16.7 Å². The Balaban J connectivity index is 2.05. The van der Waals surface area contributed by atoms with Crippen LogP contribution in [-0.4, -0.2) is 0 Å². The topological polar surface area (TPSA) is 0 Å². The zero-order valence-electron chi connectivity index (χ0n) is 15.8. The summed E-state index contributed by atoms with van der Waals surface area (Å²) in [6, 6.07) is 42.1. The zero-order chi connectivity index (χ0) is 19.2. The normalized spacial score (nSPS) is 10.3. The summed E-state index contributed by atoms with van der Waals surface area (Å²) < 4.78 is 0. The van der Waals surface area contributed by atoms with Crippen LogP contribution in [0.2, 0.25) is 0 Å². The van der Waals surface area contributed by atoms with Crippen molar-refractivity contribution in [1.82, 2.24) is 0 Å². The molecule has 0 aliphatic carbocycles. The zero-order valence-corrected chi connectivity index (χ0v) is 15.8. The molecule has 4 aromatic carbocycles. The van der Waals surface area contributed by atoms with Crippen molar-refractivity contribution in [3.05, 3.63) is 150 Å². The van der Waals surface area contributed by atoms with Crippen LogP contribution >= 0.6 is 0 Å². The van der Waals surface area contributed by atoms with Gasteiger partial charge in [0.2, 0.25) is 0 Å². The first-order valence-electron chi connectivity index (χ1n) is 9.50. The maximum Gasteiger partial charge on any atom is -0.00268 e. The van der Waals surface area contributed by atoms with Gasteiger partial charge in [-0.2, -0.15) is 0 Å². The van der Waals surface area contributed by atoms with Crippen molar-refractivity contribution < 1.29 is 0 Å². The molecule has 0 amide bonds. The van der Waals surface area contributed by atoms with Crippen molar-refractivity contribution in [3.63, 3.8) is 0 Å². The summed E-state index contributed by atoms with van der Waals surface area (Å²) in [7, 11) is 0. The Morgan fingerprint density at radius 1 is 0.393 bits per heavy atom. The molecule has 0 heterocycles. The Morgan fingerprint density at radius 2 is 0.714 bits per heavy atom. The molecule has 0 aliphatic heterocycles. The predicted octanol–water partition coefficient (Wildman–Crippen LogP) is 7.36. The van der Waals surface area contributed by atoms with Crippen LogP contribution < -0.4 is 0 Å². The molecule has 0 atom stereocenters. The average molecular weight is 358 g/mol. The minimum absolute atomic E-state index is 1.02. The van der Waals surface area contributed by atoms with Gasteiger partial charge in [0.15, 0.2) is 0 Å². The van der Waals surface area contributed by atoms with E-state index in [1.54, 1.807) is 0 Å². The molecular formula is C28H22. The highest BCUT2D eigenvalue weighted by Gasteiger charge is 2.17. The third kappa shape index (κ3) is 3.72. The predicted molar refractivity (Wildman–Crippen MR) is 121 cm³/mol. The second-order valence-corrected chi connectivity index (χ2v) is 6.69. The van der Waals surface area contributed by atoms with Crippen molar-refractivity contribution >= 4 is 16.7 Å². The number of rotatable bonds is 5. The Hall–Kier alpha value is -3.64. The molecule has 28 heavy (non-hydrogen) atoms. The standard InChI is InChI=1S/C28H22/c1-22(23-14-6-2-7-15-23)27(24-16-8-3-9-17-24)28(25-18-10-4-11-19-25)26-20-12-5-13-21-26/h2-21H,1H2. The van der Waals surface area contributed by atoms with Crippen LogP contribution in [0, 0.1) is 0 Å². The Kier molecular flexibility index (Phi) is 5.31. The largest absolute Gasteiger partial charge is 0.0905 e. The monoisotopic (exact) mass is 358 g/mol.